The van der Waals surface area contributed by atoms with Crippen LogP contribution < -0.4 is 10.6 Å². The first kappa shape index (κ1) is 17.8. The third-order valence-electron chi connectivity index (χ3n) is 4.53. The van der Waals surface area contributed by atoms with Crippen molar-refractivity contribution in [3.63, 3.8) is 0 Å². The lowest BCUT2D eigenvalue weighted by Crippen LogP contribution is -2.38. The van der Waals surface area contributed by atoms with E-state index in [-0.39, 0.29) is 18.7 Å². The molecule has 1 aromatic carbocycles. The van der Waals surface area contributed by atoms with E-state index in [0.29, 0.717) is 6.04 Å². The third-order valence-corrected chi connectivity index (χ3v) is 4.53. The number of rotatable bonds is 6. The molecule has 0 aliphatic heterocycles. The first-order valence-electron chi connectivity index (χ1n) is 8.56. The molecule has 0 aromatic heterocycles. The SMILES string of the molecule is CC(CO)NC(=O)Nc1ccccc1CN(C)C1CCCCC1. The van der Waals surface area contributed by atoms with Gasteiger partial charge in [-0.05, 0) is 38.4 Å². The van der Waals surface area contributed by atoms with Crippen molar-refractivity contribution in [2.75, 3.05) is 19.0 Å². The quantitative estimate of drug-likeness (QED) is 0.755. The van der Waals surface area contributed by atoms with E-state index in [0.717, 1.165) is 17.8 Å². The second kappa shape index (κ2) is 8.89. The Kier molecular flexibility index (Phi) is 6.86. The Labute approximate surface area is 139 Å². The van der Waals surface area contributed by atoms with Crippen LogP contribution in [0.25, 0.3) is 0 Å². The lowest BCUT2D eigenvalue weighted by molar-refractivity contribution is 0.185. The molecule has 2 rings (SSSR count). The van der Waals surface area contributed by atoms with Crippen molar-refractivity contribution >= 4 is 11.7 Å². The summed E-state index contributed by atoms with van der Waals surface area (Å²) in [5, 5.41) is 14.6. The van der Waals surface area contributed by atoms with E-state index in [1.807, 2.05) is 18.2 Å². The maximum absolute atomic E-state index is 12.0. The maximum Gasteiger partial charge on any atom is 0.319 e. The molecule has 1 atom stereocenters. The van der Waals surface area contributed by atoms with Gasteiger partial charge in [0.1, 0.15) is 0 Å². The molecule has 0 bridgehead atoms. The van der Waals surface area contributed by atoms with Gasteiger partial charge in [-0.25, -0.2) is 4.79 Å². The van der Waals surface area contributed by atoms with Crippen LogP contribution in [-0.2, 0) is 6.54 Å². The van der Waals surface area contributed by atoms with Crippen LogP contribution in [0.1, 0.15) is 44.6 Å². The summed E-state index contributed by atoms with van der Waals surface area (Å²) in [5.74, 6) is 0. The van der Waals surface area contributed by atoms with Crippen LogP contribution in [0.4, 0.5) is 10.5 Å². The second-order valence-corrected chi connectivity index (χ2v) is 6.55. The van der Waals surface area contributed by atoms with Gasteiger partial charge in [0, 0.05) is 18.3 Å². The number of aliphatic hydroxyl groups excluding tert-OH is 1. The van der Waals surface area contributed by atoms with E-state index in [1.165, 1.54) is 32.1 Å². The third kappa shape index (κ3) is 5.52. The topological polar surface area (TPSA) is 64.6 Å². The number of nitrogens with one attached hydrogen (secondary N) is 2. The number of anilines is 1. The van der Waals surface area contributed by atoms with Gasteiger partial charge >= 0.3 is 6.03 Å². The molecule has 23 heavy (non-hydrogen) atoms. The van der Waals surface area contributed by atoms with Crippen LogP contribution in [-0.4, -0.2) is 41.8 Å². The van der Waals surface area contributed by atoms with Gasteiger partial charge in [0.25, 0.3) is 0 Å². The van der Waals surface area contributed by atoms with Crippen LogP contribution in [0.15, 0.2) is 24.3 Å². The zero-order valence-electron chi connectivity index (χ0n) is 14.2. The van der Waals surface area contributed by atoms with Crippen LogP contribution in [0.5, 0.6) is 0 Å². The number of urea groups is 1. The Balaban J connectivity index is 1.97. The lowest BCUT2D eigenvalue weighted by atomic mass is 9.94. The summed E-state index contributed by atoms with van der Waals surface area (Å²) in [6, 6.07) is 8.02. The van der Waals surface area contributed by atoms with Crippen molar-refractivity contribution in [3.8, 4) is 0 Å². The highest BCUT2D eigenvalue weighted by molar-refractivity contribution is 5.90. The molecule has 1 saturated carbocycles. The minimum absolute atomic E-state index is 0.0700. The highest BCUT2D eigenvalue weighted by atomic mass is 16.3. The van der Waals surface area contributed by atoms with Crippen LogP contribution in [0.3, 0.4) is 0 Å². The van der Waals surface area contributed by atoms with Gasteiger partial charge in [-0.15, -0.1) is 0 Å². The smallest absolute Gasteiger partial charge is 0.319 e. The highest BCUT2D eigenvalue weighted by Gasteiger charge is 2.19. The minimum atomic E-state index is -0.278. The predicted octanol–water partition coefficient (Wildman–Crippen LogP) is 2.95. The van der Waals surface area contributed by atoms with Crippen LogP contribution >= 0.6 is 0 Å². The first-order valence-corrected chi connectivity index (χ1v) is 8.56. The molecule has 1 unspecified atom stereocenters. The van der Waals surface area contributed by atoms with Gasteiger partial charge in [-0.1, -0.05) is 37.5 Å². The van der Waals surface area contributed by atoms with Gasteiger partial charge in [0.05, 0.1) is 12.6 Å². The van der Waals surface area contributed by atoms with Gasteiger partial charge < -0.3 is 15.7 Å². The second-order valence-electron chi connectivity index (χ2n) is 6.55. The van der Waals surface area contributed by atoms with Gasteiger partial charge in [-0.2, -0.15) is 0 Å². The number of nitrogens with zero attached hydrogens (tertiary/aromatic N) is 1. The van der Waals surface area contributed by atoms with Gasteiger partial charge in [0.2, 0.25) is 0 Å². The summed E-state index contributed by atoms with van der Waals surface area (Å²) in [6.45, 7) is 2.53. The number of carbonyl (C=O) groups is 1. The number of amides is 2. The molecule has 5 heteroatoms. The number of hydrogen-bond donors (Lipinski definition) is 3. The molecule has 0 saturated heterocycles. The summed E-state index contributed by atoms with van der Waals surface area (Å²) in [7, 11) is 2.17. The molecular formula is C18H29N3O2. The normalized spacial score (nSPS) is 17.0. The number of hydrogen-bond acceptors (Lipinski definition) is 3. The van der Waals surface area contributed by atoms with Crippen LogP contribution in [0, 0.1) is 0 Å². The molecule has 1 aliphatic carbocycles. The molecule has 1 aliphatic rings. The zero-order chi connectivity index (χ0) is 16.7. The van der Waals surface area contributed by atoms with E-state index in [4.69, 9.17) is 5.11 Å². The van der Waals surface area contributed by atoms with E-state index in [9.17, 15) is 4.79 Å². The highest BCUT2D eigenvalue weighted by Crippen LogP contribution is 2.24. The standard InChI is InChI=1S/C18H29N3O2/c1-14(13-22)19-18(23)20-17-11-7-6-8-15(17)12-21(2)16-9-4-3-5-10-16/h6-8,11,14,16,22H,3-5,9-10,12-13H2,1-2H3,(H2,19,20,23). The molecule has 3 N–H and O–H groups in total. The van der Waals surface area contributed by atoms with E-state index in [2.05, 4.69) is 28.6 Å². The first-order chi connectivity index (χ1) is 11.1. The largest absolute Gasteiger partial charge is 0.394 e. The number of benzene rings is 1. The average Bonchev–Trinajstić information content (AvgIpc) is 2.57. The molecule has 128 valence electrons. The fourth-order valence-electron chi connectivity index (χ4n) is 3.13. The Morgan fingerprint density at radius 2 is 2.00 bits per heavy atom. The van der Waals surface area contributed by atoms with Crippen molar-refractivity contribution < 1.29 is 9.90 Å². The van der Waals surface area contributed by atoms with Crippen molar-refractivity contribution in [2.45, 2.75) is 57.7 Å². The Morgan fingerprint density at radius 3 is 2.70 bits per heavy atom. The number of carbonyl (C=O) groups excluding carboxylic acids is 1. The summed E-state index contributed by atoms with van der Waals surface area (Å²) in [4.78, 5) is 14.4. The monoisotopic (exact) mass is 319 g/mol. The van der Waals surface area contributed by atoms with Gasteiger partial charge in [-0.3, -0.25) is 4.90 Å². The Bertz CT molecular complexity index is 501. The fraction of sp³-hybridized carbons (Fsp3) is 0.611. The average molecular weight is 319 g/mol. The van der Waals surface area contributed by atoms with Crippen molar-refractivity contribution in [1.82, 2.24) is 10.2 Å². The molecule has 1 fully saturated rings. The van der Waals surface area contributed by atoms with E-state index in [1.54, 1.807) is 6.92 Å². The predicted molar refractivity (Wildman–Crippen MR) is 93.5 cm³/mol. The van der Waals surface area contributed by atoms with Crippen molar-refractivity contribution in [1.29, 1.82) is 0 Å². The van der Waals surface area contributed by atoms with Crippen LogP contribution in [0.2, 0.25) is 0 Å². The number of para-hydroxylation sites is 1. The molecular weight excluding hydrogens is 290 g/mol. The molecule has 1 aromatic rings. The van der Waals surface area contributed by atoms with E-state index >= 15 is 0 Å². The molecule has 0 radical (unpaired) electrons. The fourth-order valence-corrected chi connectivity index (χ4v) is 3.13. The summed E-state index contributed by atoms with van der Waals surface area (Å²) in [6.07, 6.45) is 6.51. The lowest BCUT2D eigenvalue weighted by Gasteiger charge is -2.31. The summed E-state index contributed by atoms with van der Waals surface area (Å²) >= 11 is 0. The zero-order valence-corrected chi connectivity index (χ0v) is 14.2. The van der Waals surface area contributed by atoms with Gasteiger partial charge in [0.15, 0.2) is 0 Å². The Morgan fingerprint density at radius 1 is 1.30 bits per heavy atom. The summed E-state index contributed by atoms with van der Waals surface area (Å²) in [5.41, 5.74) is 1.95. The number of aliphatic hydroxyl groups is 1. The molecule has 2 amide bonds. The minimum Gasteiger partial charge on any atom is -0.394 e. The summed E-state index contributed by atoms with van der Waals surface area (Å²) < 4.78 is 0. The van der Waals surface area contributed by atoms with Crippen molar-refractivity contribution in [2.24, 2.45) is 0 Å². The Hall–Kier alpha value is -1.59. The maximum atomic E-state index is 12.0. The van der Waals surface area contributed by atoms with Crippen molar-refractivity contribution in [3.05, 3.63) is 29.8 Å². The van der Waals surface area contributed by atoms with E-state index < -0.39 is 0 Å². The molecule has 0 heterocycles. The molecule has 0 spiro atoms. The molecule has 5 nitrogen and oxygen atoms in total.